The predicted molar refractivity (Wildman–Crippen MR) is 87.0 cm³/mol. The monoisotopic (exact) mass is 329 g/mol. The number of aromatic nitrogens is 1. The number of nitrogens with zero attached hydrogens (tertiary/aromatic N) is 1. The summed E-state index contributed by atoms with van der Waals surface area (Å²) in [6, 6.07) is 12.2. The van der Waals surface area contributed by atoms with E-state index in [1.807, 2.05) is 0 Å². The molecule has 3 rings (SSSR count). The molecule has 0 atom stereocenters. The minimum absolute atomic E-state index is 0.274. The molecule has 4 nitrogen and oxygen atoms in total. The SMILES string of the molecule is N#Cc1cc(-c2ccc(Cl)cc2Cl)c2[nH]c(C(N)=O)cc2c1. The number of aromatic amines is 1. The number of nitrogens with two attached hydrogens (primary N) is 1. The summed E-state index contributed by atoms with van der Waals surface area (Å²) in [5.41, 5.74) is 8.16. The average Bonchev–Trinajstić information content (AvgIpc) is 2.90. The van der Waals surface area contributed by atoms with Crippen molar-refractivity contribution in [3.05, 3.63) is 57.7 Å². The number of primary amides is 1. The average molecular weight is 330 g/mol. The highest BCUT2D eigenvalue weighted by Crippen LogP contribution is 2.35. The van der Waals surface area contributed by atoms with Crippen LogP contribution in [-0.2, 0) is 0 Å². The third-order valence-electron chi connectivity index (χ3n) is 3.34. The van der Waals surface area contributed by atoms with Crippen molar-refractivity contribution in [3.63, 3.8) is 0 Å². The maximum Gasteiger partial charge on any atom is 0.265 e. The summed E-state index contributed by atoms with van der Waals surface area (Å²) >= 11 is 12.2. The molecule has 0 radical (unpaired) electrons. The van der Waals surface area contributed by atoms with Gasteiger partial charge in [0, 0.05) is 26.6 Å². The number of carbonyl (C=O) groups excluding carboxylic acids is 1. The van der Waals surface area contributed by atoms with Gasteiger partial charge in [-0.2, -0.15) is 5.26 Å². The van der Waals surface area contributed by atoms with E-state index in [-0.39, 0.29) is 5.69 Å². The van der Waals surface area contributed by atoms with Crippen molar-refractivity contribution in [2.75, 3.05) is 0 Å². The fourth-order valence-electron chi connectivity index (χ4n) is 2.36. The summed E-state index contributed by atoms with van der Waals surface area (Å²) in [4.78, 5) is 14.3. The summed E-state index contributed by atoms with van der Waals surface area (Å²) in [5, 5.41) is 10.9. The maximum absolute atomic E-state index is 11.4. The Morgan fingerprint density at radius 2 is 1.91 bits per heavy atom. The Bertz CT molecular complexity index is 954. The molecule has 108 valence electrons. The van der Waals surface area contributed by atoms with Crippen molar-refractivity contribution in [3.8, 4) is 17.2 Å². The number of benzene rings is 2. The normalized spacial score (nSPS) is 10.6. The van der Waals surface area contributed by atoms with Crippen LogP contribution >= 0.6 is 23.2 Å². The highest BCUT2D eigenvalue weighted by atomic mass is 35.5. The summed E-state index contributed by atoms with van der Waals surface area (Å²) in [6.07, 6.45) is 0. The lowest BCUT2D eigenvalue weighted by atomic mass is 10.0. The molecule has 1 aromatic heterocycles. The van der Waals surface area contributed by atoms with Gasteiger partial charge in [-0.05, 0) is 30.3 Å². The number of amides is 1. The molecule has 0 aliphatic heterocycles. The van der Waals surface area contributed by atoms with Gasteiger partial charge in [0.1, 0.15) is 5.69 Å². The van der Waals surface area contributed by atoms with Crippen molar-refractivity contribution in [1.82, 2.24) is 4.98 Å². The number of hydrogen-bond acceptors (Lipinski definition) is 2. The third-order valence-corrected chi connectivity index (χ3v) is 3.89. The number of rotatable bonds is 2. The van der Waals surface area contributed by atoms with Gasteiger partial charge in [-0.25, -0.2) is 0 Å². The second-order valence-corrected chi connectivity index (χ2v) is 5.61. The van der Waals surface area contributed by atoms with Crippen LogP contribution in [0.5, 0.6) is 0 Å². The standard InChI is InChI=1S/C16H9Cl2N3O/c17-10-1-2-11(13(18)6-10)12-4-8(7-19)3-9-5-14(16(20)22)21-15(9)12/h1-6,21H,(H2,20,22). The predicted octanol–water partition coefficient (Wildman–Crippen LogP) is 4.11. The van der Waals surface area contributed by atoms with Gasteiger partial charge in [-0.15, -0.1) is 0 Å². The first-order valence-corrected chi connectivity index (χ1v) is 7.07. The van der Waals surface area contributed by atoms with Crippen molar-refractivity contribution in [2.45, 2.75) is 0 Å². The number of fused-ring (bicyclic) bond motifs is 1. The Morgan fingerprint density at radius 3 is 2.55 bits per heavy atom. The van der Waals surface area contributed by atoms with Crippen LogP contribution in [0.1, 0.15) is 16.1 Å². The zero-order valence-corrected chi connectivity index (χ0v) is 12.7. The highest BCUT2D eigenvalue weighted by Gasteiger charge is 2.14. The molecule has 0 unspecified atom stereocenters. The maximum atomic E-state index is 11.4. The second-order valence-electron chi connectivity index (χ2n) is 4.77. The first kappa shape index (κ1) is 14.5. The van der Waals surface area contributed by atoms with E-state index in [2.05, 4.69) is 11.1 Å². The molecule has 0 aliphatic rings. The molecule has 0 spiro atoms. The second kappa shape index (κ2) is 5.38. The van der Waals surface area contributed by atoms with Gasteiger partial charge >= 0.3 is 0 Å². The van der Waals surface area contributed by atoms with E-state index in [0.717, 1.165) is 0 Å². The van der Waals surface area contributed by atoms with Gasteiger partial charge in [-0.1, -0.05) is 29.3 Å². The van der Waals surface area contributed by atoms with Crippen molar-refractivity contribution in [1.29, 1.82) is 5.26 Å². The van der Waals surface area contributed by atoms with Gasteiger partial charge in [0.25, 0.3) is 5.91 Å². The lowest BCUT2D eigenvalue weighted by molar-refractivity contribution is 0.0996. The Balaban J connectivity index is 2.36. The van der Waals surface area contributed by atoms with Crippen LogP contribution in [0.15, 0.2) is 36.4 Å². The zero-order valence-electron chi connectivity index (χ0n) is 11.2. The Kier molecular flexibility index (Phi) is 3.53. The summed E-state index contributed by atoms with van der Waals surface area (Å²) in [7, 11) is 0. The molecule has 1 amide bonds. The van der Waals surface area contributed by atoms with Crippen LogP contribution in [0, 0.1) is 11.3 Å². The summed E-state index contributed by atoms with van der Waals surface area (Å²) in [5.74, 6) is -0.567. The molecule has 3 N–H and O–H groups in total. The lowest BCUT2D eigenvalue weighted by Crippen LogP contribution is -2.10. The number of nitrogens with one attached hydrogen (secondary N) is 1. The van der Waals surface area contributed by atoms with Gasteiger partial charge in [0.15, 0.2) is 0 Å². The van der Waals surface area contributed by atoms with Gasteiger partial charge in [0.2, 0.25) is 0 Å². The zero-order chi connectivity index (χ0) is 15.9. The van der Waals surface area contributed by atoms with Crippen LogP contribution in [-0.4, -0.2) is 10.9 Å². The topological polar surface area (TPSA) is 82.7 Å². The lowest BCUT2D eigenvalue weighted by Gasteiger charge is -2.07. The minimum Gasteiger partial charge on any atom is -0.364 e. The van der Waals surface area contributed by atoms with E-state index in [1.165, 1.54) is 0 Å². The first-order chi connectivity index (χ1) is 10.5. The largest absolute Gasteiger partial charge is 0.364 e. The minimum atomic E-state index is -0.567. The molecular formula is C16H9Cl2N3O. The number of H-pyrrole nitrogens is 1. The molecule has 0 aliphatic carbocycles. The van der Waals surface area contributed by atoms with Crippen LogP contribution < -0.4 is 5.73 Å². The molecule has 0 fully saturated rings. The van der Waals surface area contributed by atoms with E-state index < -0.39 is 5.91 Å². The van der Waals surface area contributed by atoms with E-state index in [1.54, 1.807) is 36.4 Å². The smallest absolute Gasteiger partial charge is 0.265 e. The van der Waals surface area contributed by atoms with E-state index >= 15 is 0 Å². The van der Waals surface area contributed by atoms with Crippen molar-refractivity contribution in [2.24, 2.45) is 5.73 Å². The molecule has 3 aromatic rings. The first-order valence-electron chi connectivity index (χ1n) is 6.31. The molecule has 0 saturated heterocycles. The third kappa shape index (κ3) is 2.41. The van der Waals surface area contributed by atoms with Gasteiger partial charge < -0.3 is 10.7 Å². The van der Waals surface area contributed by atoms with Gasteiger partial charge in [0.05, 0.1) is 17.1 Å². The Hall–Kier alpha value is -2.48. The molecule has 22 heavy (non-hydrogen) atoms. The number of carbonyl (C=O) groups is 1. The summed E-state index contributed by atoms with van der Waals surface area (Å²) < 4.78 is 0. The van der Waals surface area contributed by atoms with Crippen LogP contribution in [0.3, 0.4) is 0 Å². The molecule has 0 bridgehead atoms. The van der Waals surface area contributed by atoms with Gasteiger partial charge in [-0.3, -0.25) is 4.79 Å². The quantitative estimate of drug-likeness (QED) is 0.741. The van der Waals surface area contributed by atoms with Crippen LogP contribution in [0.2, 0.25) is 10.0 Å². The Morgan fingerprint density at radius 1 is 1.14 bits per heavy atom. The van der Waals surface area contributed by atoms with Crippen LogP contribution in [0.25, 0.3) is 22.0 Å². The van der Waals surface area contributed by atoms with E-state index in [0.29, 0.717) is 37.6 Å². The summed E-state index contributed by atoms with van der Waals surface area (Å²) in [6.45, 7) is 0. The number of nitriles is 1. The van der Waals surface area contributed by atoms with E-state index in [4.69, 9.17) is 28.9 Å². The van der Waals surface area contributed by atoms with E-state index in [9.17, 15) is 10.1 Å². The van der Waals surface area contributed by atoms with Crippen molar-refractivity contribution < 1.29 is 4.79 Å². The fourth-order valence-corrected chi connectivity index (χ4v) is 2.87. The Labute approximate surface area is 136 Å². The molecule has 0 saturated carbocycles. The molecule has 2 aromatic carbocycles. The van der Waals surface area contributed by atoms with Crippen molar-refractivity contribution >= 4 is 40.0 Å². The molecule has 1 heterocycles. The molecular weight excluding hydrogens is 321 g/mol. The van der Waals surface area contributed by atoms with Crippen LogP contribution in [0.4, 0.5) is 0 Å². The number of hydrogen-bond donors (Lipinski definition) is 2. The molecule has 6 heteroatoms. The number of halogens is 2. The fraction of sp³-hybridized carbons (Fsp3) is 0. The highest BCUT2D eigenvalue weighted by molar-refractivity contribution is 6.36.